The first-order chi connectivity index (χ1) is 11.9. The zero-order valence-corrected chi connectivity index (χ0v) is 15.7. The number of nitrogens with zero attached hydrogens (tertiary/aromatic N) is 4. The van der Waals surface area contributed by atoms with Crippen molar-refractivity contribution in [1.29, 1.82) is 0 Å². The number of nitrogens with one attached hydrogen (secondary N) is 1. The minimum atomic E-state index is -0.790. The molecule has 0 bridgehead atoms. The Kier molecular flexibility index (Phi) is 5.24. The average Bonchev–Trinajstić information content (AvgIpc) is 2.75. The topological polar surface area (TPSA) is 120 Å². The van der Waals surface area contributed by atoms with Gasteiger partial charge >= 0.3 is 11.8 Å². The average molecular weight is 367 g/mol. The highest BCUT2D eigenvalue weighted by Crippen LogP contribution is 2.30. The Bertz CT molecular complexity index is 723. The lowest BCUT2D eigenvalue weighted by Crippen LogP contribution is -2.49. The van der Waals surface area contributed by atoms with Gasteiger partial charge in [-0.25, -0.2) is 9.48 Å². The van der Waals surface area contributed by atoms with Crippen molar-refractivity contribution in [2.45, 2.75) is 51.7 Å². The first-order valence-electron chi connectivity index (χ1n) is 8.34. The molecule has 2 rings (SSSR count). The van der Waals surface area contributed by atoms with Crippen molar-refractivity contribution in [3.05, 3.63) is 16.3 Å². The molecule has 0 saturated carbocycles. The minimum Gasteiger partial charge on any atom is -0.444 e. The molecule has 144 valence electrons. The Balaban J connectivity index is 2.18. The number of anilines is 1. The standard InChI is InChI=1S/C16H25N5O5/c1-15(2,3)26-14(23)18-16(4)6-7-20(10-11(22)8-16)13-12(21(24)25)9-17-19(13)5/h9H,6-8,10H2,1-5H3,(H,18,23)/t16-/m1/s1. The fourth-order valence-corrected chi connectivity index (χ4v) is 3.01. The van der Waals surface area contributed by atoms with Crippen LogP contribution in [-0.2, 0) is 16.6 Å². The molecule has 1 aliphatic rings. The van der Waals surface area contributed by atoms with Crippen LogP contribution in [0.4, 0.5) is 16.3 Å². The molecule has 2 heterocycles. The Morgan fingerprint density at radius 2 is 2.12 bits per heavy atom. The molecule has 10 heteroatoms. The number of carbonyl (C=O) groups is 2. The van der Waals surface area contributed by atoms with Crippen molar-refractivity contribution < 1.29 is 19.2 Å². The van der Waals surface area contributed by atoms with E-state index in [4.69, 9.17) is 4.74 Å². The van der Waals surface area contributed by atoms with Crippen LogP contribution in [0, 0.1) is 10.1 Å². The van der Waals surface area contributed by atoms with Crippen LogP contribution in [-0.4, -0.2) is 50.8 Å². The maximum atomic E-state index is 12.4. The van der Waals surface area contributed by atoms with E-state index >= 15 is 0 Å². The molecule has 1 saturated heterocycles. The van der Waals surface area contributed by atoms with Crippen LogP contribution < -0.4 is 10.2 Å². The molecule has 0 aliphatic carbocycles. The highest BCUT2D eigenvalue weighted by molar-refractivity contribution is 5.86. The van der Waals surface area contributed by atoms with E-state index in [1.54, 1.807) is 39.6 Å². The van der Waals surface area contributed by atoms with E-state index in [0.717, 1.165) is 0 Å². The summed E-state index contributed by atoms with van der Waals surface area (Å²) >= 11 is 0. The second kappa shape index (κ2) is 6.93. The summed E-state index contributed by atoms with van der Waals surface area (Å²) in [5.74, 6) is 0.154. The second-order valence-corrected chi connectivity index (χ2v) is 7.81. The molecule has 1 aromatic rings. The van der Waals surface area contributed by atoms with Gasteiger partial charge in [0.25, 0.3) is 0 Å². The quantitative estimate of drug-likeness (QED) is 0.638. The summed E-state index contributed by atoms with van der Waals surface area (Å²) < 4.78 is 6.66. The van der Waals surface area contributed by atoms with Gasteiger partial charge in [-0.05, 0) is 34.1 Å². The summed E-state index contributed by atoms with van der Waals surface area (Å²) in [6.07, 6.45) is 1.13. The molecule has 1 aliphatic heterocycles. The van der Waals surface area contributed by atoms with Crippen LogP contribution in [0.2, 0.25) is 0 Å². The van der Waals surface area contributed by atoms with Gasteiger partial charge in [0, 0.05) is 25.6 Å². The number of hydrogen-bond donors (Lipinski definition) is 1. The number of Topliss-reactive ketones (excluding diaryl/α,β-unsaturated/α-hetero) is 1. The number of nitro groups is 1. The maximum absolute atomic E-state index is 12.4. The van der Waals surface area contributed by atoms with Gasteiger partial charge in [0.1, 0.15) is 11.8 Å². The first kappa shape index (κ1) is 19.7. The summed E-state index contributed by atoms with van der Waals surface area (Å²) in [5, 5.41) is 17.9. The van der Waals surface area contributed by atoms with Crippen molar-refractivity contribution in [1.82, 2.24) is 15.1 Å². The summed E-state index contributed by atoms with van der Waals surface area (Å²) in [5.41, 5.74) is -1.58. The summed E-state index contributed by atoms with van der Waals surface area (Å²) in [4.78, 5) is 36.9. The van der Waals surface area contributed by atoms with Gasteiger partial charge in [-0.2, -0.15) is 5.10 Å². The van der Waals surface area contributed by atoms with Gasteiger partial charge in [-0.1, -0.05) is 0 Å². The molecule has 1 N–H and O–H groups in total. The molecule has 1 amide bonds. The number of amides is 1. The fraction of sp³-hybridized carbons (Fsp3) is 0.688. The van der Waals surface area contributed by atoms with E-state index in [-0.39, 0.29) is 30.3 Å². The van der Waals surface area contributed by atoms with Gasteiger partial charge < -0.3 is 15.0 Å². The lowest BCUT2D eigenvalue weighted by Gasteiger charge is -2.30. The van der Waals surface area contributed by atoms with Crippen molar-refractivity contribution in [2.24, 2.45) is 7.05 Å². The Hall–Kier alpha value is -2.65. The van der Waals surface area contributed by atoms with Crippen LogP contribution in [0.5, 0.6) is 0 Å². The molecule has 0 unspecified atom stereocenters. The number of ketones is 1. The van der Waals surface area contributed by atoms with Gasteiger partial charge in [0.2, 0.25) is 5.82 Å². The molecular formula is C16H25N5O5. The van der Waals surface area contributed by atoms with Gasteiger partial charge in [-0.15, -0.1) is 0 Å². The van der Waals surface area contributed by atoms with Gasteiger partial charge in [0.15, 0.2) is 5.78 Å². The second-order valence-electron chi connectivity index (χ2n) is 7.81. The normalized spacial score (nSPS) is 21.3. The Morgan fingerprint density at radius 1 is 1.46 bits per heavy atom. The van der Waals surface area contributed by atoms with E-state index in [2.05, 4.69) is 10.4 Å². The van der Waals surface area contributed by atoms with Gasteiger partial charge in [0.05, 0.1) is 11.5 Å². The zero-order valence-electron chi connectivity index (χ0n) is 15.7. The Morgan fingerprint density at radius 3 is 2.69 bits per heavy atom. The molecule has 1 aromatic heterocycles. The third-order valence-electron chi connectivity index (χ3n) is 4.08. The maximum Gasteiger partial charge on any atom is 0.408 e. The monoisotopic (exact) mass is 367 g/mol. The number of carbonyl (C=O) groups excluding carboxylic acids is 2. The third kappa shape index (κ3) is 4.70. The highest BCUT2D eigenvalue weighted by Gasteiger charge is 2.37. The summed E-state index contributed by atoms with van der Waals surface area (Å²) in [6, 6.07) is 0. The molecule has 10 nitrogen and oxygen atoms in total. The van der Waals surface area contributed by atoms with Crippen molar-refractivity contribution in [2.75, 3.05) is 18.0 Å². The number of rotatable bonds is 3. The van der Waals surface area contributed by atoms with E-state index in [1.165, 1.54) is 10.9 Å². The van der Waals surface area contributed by atoms with E-state index in [0.29, 0.717) is 13.0 Å². The Labute approximate surface area is 151 Å². The number of hydrogen-bond acceptors (Lipinski definition) is 7. The first-order valence-corrected chi connectivity index (χ1v) is 8.34. The number of ether oxygens (including phenoxy) is 1. The fourth-order valence-electron chi connectivity index (χ4n) is 3.01. The minimum absolute atomic E-state index is 0.0198. The van der Waals surface area contributed by atoms with Crippen LogP contribution in [0.1, 0.15) is 40.5 Å². The predicted octanol–water partition coefficient (Wildman–Crippen LogP) is 1.78. The summed E-state index contributed by atoms with van der Waals surface area (Å²) in [7, 11) is 1.59. The number of alkyl carbamates (subject to hydrolysis) is 1. The molecular weight excluding hydrogens is 342 g/mol. The predicted molar refractivity (Wildman–Crippen MR) is 94.1 cm³/mol. The van der Waals surface area contributed by atoms with Crippen LogP contribution in [0.3, 0.4) is 0 Å². The lowest BCUT2D eigenvalue weighted by molar-refractivity contribution is -0.384. The van der Waals surface area contributed by atoms with Crippen molar-refractivity contribution in [3.63, 3.8) is 0 Å². The smallest absolute Gasteiger partial charge is 0.408 e. The zero-order chi connectivity index (χ0) is 19.7. The molecule has 26 heavy (non-hydrogen) atoms. The van der Waals surface area contributed by atoms with Crippen molar-refractivity contribution in [3.8, 4) is 0 Å². The SMILES string of the molecule is Cn1ncc([N+](=O)[O-])c1N1CC[C@@](C)(NC(=O)OC(C)(C)C)CC(=O)C1. The highest BCUT2D eigenvalue weighted by atomic mass is 16.6. The molecule has 1 fully saturated rings. The lowest BCUT2D eigenvalue weighted by atomic mass is 9.93. The van der Waals surface area contributed by atoms with E-state index < -0.39 is 22.2 Å². The number of aromatic nitrogens is 2. The van der Waals surface area contributed by atoms with Gasteiger partial charge in [-0.3, -0.25) is 14.9 Å². The van der Waals surface area contributed by atoms with Crippen molar-refractivity contribution >= 4 is 23.4 Å². The molecule has 0 aromatic carbocycles. The van der Waals surface area contributed by atoms with Crippen LogP contribution in [0.15, 0.2) is 6.20 Å². The molecule has 0 spiro atoms. The molecule has 1 atom stereocenters. The molecule has 0 radical (unpaired) electrons. The van der Waals surface area contributed by atoms with Crippen LogP contribution in [0.25, 0.3) is 0 Å². The largest absolute Gasteiger partial charge is 0.444 e. The van der Waals surface area contributed by atoms with E-state index in [9.17, 15) is 19.7 Å². The number of aryl methyl sites for hydroxylation is 1. The third-order valence-corrected chi connectivity index (χ3v) is 4.08. The van der Waals surface area contributed by atoms with E-state index in [1.807, 2.05) is 0 Å². The summed E-state index contributed by atoms with van der Waals surface area (Å²) in [6.45, 7) is 7.43. The van der Waals surface area contributed by atoms with Crippen LogP contribution >= 0.6 is 0 Å².